The van der Waals surface area contributed by atoms with Crippen molar-refractivity contribution in [2.24, 2.45) is 5.73 Å². The van der Waals surface area contributed by atoms with E-state index in [4.69, 9.17) is 24.3 Å². The van der Waals surface area contributed by atoms with E-state index in [0.29, 0.717) is 6.42 Å². The van der Waals surface area contributed by atoms with E-state index in [0.717, 1.165) is 64.2 Å². The molecular weight excluding hydrogens is 882 g/mol. The second kappa shape index (κ2) is 55.0. The molecule has 0 aliphatic rings. The van der Waals surface area contributed by atoms with E-state index < -0.39 is 26.5 Å². The van der Waals surface area contributed by atoms with Crippen molar-refractivity contribution in [3.05, 3.63) is 60.8 Å². The van der Waals surface area contributed by atoms with E-state index in [1.54, 1.807) is 0 Å². The van der Waals surface area contributed by atoms with Gasteiger partial charge in [-0.05, 0) is 57.8 Å². The summed E-state index contributed by atoms with van der Waals surface area (Å²) in [5.74, 6) is -0.824. The minimum atomic E-state index is -4.37. The Bertz CT molecular complexity index is 1310. The van der Waals surface area contributed by atoms with Gasteiger partial charge in [-0.15, -0.1) is 0 Å². The van der Waals surface area contributed by atoms with Crippen molar-refractivity contribution < 1.29 is 37.6 Å². The Balaban J connectivity index is 3.65. The predicted molar refractivity (Wildman–Crippen MR) is 293 cm³/mol. The summed E-state index contributed by atoms with van der Waals surface area (Å²) in [7, 11) is -4.37. The van der Waals surface area contributed by atoms with Crippen molar-refractivity contribution in [2.45, 2.75) is 277 Å². The van der Waals surface area contributed by atoms with Crippen LogP contribution in [0.15, 0.2) is 60.8 Å². The first-order chi connectivity index (χ1) is 33.8. The van der Waals surface area contributed by atoms with Crippen molar-refractivity contribution in [1.82, 2.24) is 0 Å². The number of carbonyl (C=O) groups is 2. The van der Waals surface area contributed by atoms with Crippen LogP contribution in [0.4, 0.5) is 0 Å². The van der Waals surface area contributed by atoms with Crippen LogP contribution in [0.2, 0.25) is 0 Å². The first-order valence-electron chi connectivity index (χ1n) is 28.8. The van der Waals surface area contributed by atoms with E-state index in [2.05, 4.69) is 74.6 Å². The fraction of sp³-hybridized carbons (Fsp3) is 0.797. The number of phosphoric acid groups is 1. The molecule has 9 nitrogen and oxygen atoms in total. The molecular formula is C59H108NO8P. The molecule has 0 fully saturated rings. The largest absolute Gasteiger partial charge is 0.472 e. The smallest absolute Gasteiger partial charge is 0.462 e. The summed E-state index contributed by atoms with van der Waals surface area (Å²) in [6.07, 6.45) is 69.2. The molecule has 2 unspecified atom stereocenters. The molecule has 0 heterocycles. The second-order valence-electron chi connectivity index (χ2n) is 19.1. The zero-order chi connectivity index (χ0) is 50.2. The number of ether oxygens (including phenoxy) is 2. The average Bonchev–Trinajstić information content (AvgIpc) is 3.34. The summed E-state index contributed by atoms with van der Waals surface area (Å²) >= 11 is 0. The predicted octanol–water partition coefficient (Wildman–Crippen LogP) is 18.0. The Labute approximate surface area is 425 Å². The summed E-state index contributed by atoms with van der Waals surface area (Å²) in [6, 6.07) is 0. The SMILES string of the molecule is CC/C=C\C/C=C\C/C=C\C/C=C\C/C=C\CCCCCCCCCCCCCCCCCCCCCCCCCCCC(=O)OC(COC(=O)CCCCCCCCC)COP(=O)(O)OCCN. The van der Waals surface area contributed by atoms with Crippen LogP contribution in [-0.2, 0) is 32.7 Å². The highest BCUT2D eigenvalue weighted by molar-refractivity contribution is 7.47. The van der Waals surface area contributed by atoms with Gasteiger partial charge in [-0.3, -0.25) is 18.6 Å². The monoisotopic (exact) mass is 990 g/mol. The zero-order valence-electron chi connectivity index (χ0n) is 44.8. The lowest BCUT2D eigenvalue weighted by molar-refractivity contribution is -0.161. The molecule has 0 rings (SSSR count). The van der Waals surface area contributed by atoms with Gasteiger partial charge >= 0.3 is 19.8 Å². The fourth-order valence-corrected chi connectivity index (χ4v) is 8.96. The molecule has 69 heavy (non-hydrogen) atoms. The maximum atomic E-state index is 12.6. The van der Waals surface area contributed by atoms with Gasteiger partial charge in [0.15, 0.2) is 6.10 Å². The standard InChI is InChI=1S/C59H108NO8P/c1-3-5-7-9-11-12-13-14-15-16-17-18-19-20-21-22-23-24-25-26-27-28-29-30-31-32-33-34-35-36-37-38-39-40-41-42-43-44-46-48-50-52-59(62)68-57(56-67-69(63,64)66-54-53-60)55-65-58(61)51-49-47-45-10-8-6-4-2/h5,7,11-12,14-15,17-18,20-21,57H,3-4,6,8-10,13,16,19,22-56,60H2,1-2H3,(H,63,64)/b7-5-,12-11-,15-14-,18-17-,21-20-. The maximum Gasteiger partial charge on any atom is 0.472 e. The molecule has 0 bridgehead atoms. The number of hydrogen-bond acceptors (Lipinski definition) is 8. The lowest BCUT2D eigenvalue weighted by atomic mass is 10.0. The van der Waals surface area contributed by atoms with Gasteiger partial charge in [0.2, 0.25) is 0 Å². The van der Waals surface area contributed by atoms with E-state index in [9.17, 15) is 19.0 Å². The molecule has 0 spiro atoms. The minimum Gasteiger partial charge on any atom is -0.462 e. The zero-order valence-corrected chi connectivity index (χ0v) is 45.7. The first-order valence-corrected chi connectivity index (χ1v) is 30.3. The molecule has 402 valence electrons. The van der Waals surface area contributed by atoms with E-state index in [-0.39, 0.29) is 38.6 Å². The number of unbranched alkanes of at least 4 members (excludes halogenated alkanes) is 31. The number of hydrogen-bond donors (Lipinski definition) is 2. The van der Waals surface area contributed by atoms with Crippen LogP contribution < -0.4 is 5.73 Å². The van der Waals surface area contributed by atoms with Crippen LogP contribution in [0.3, 0.4) is 0 Å². The molecule has 2 atom stereocenters. The molecule has 0 aromatic carbocycles. The number of phosphoric ester groups is 1. The Kier molecular flexibility index (Phi) is 53.2. The number of nitrogens with two attached hydrogens (primary N) is 1. The molecule has 0 aliphatic carbocycles. The third kappa shape index (κ3) is 54.9. The lowest BCUT2D eigenvalue weighted by Crippen LogP contribution is -2.29. The Hall–Kier alpha value is -2.29. The number of carbonyl (C=O) groups excluding carboxylic acids is 2. The third-order valence-electron chi connectivity index (χ3n) is 12.4. The third-order valence-corrected chi connectivity index (χ3v) is 13.4. The average molecular weight is 990 g/mol. The van der Waals surface area contributed by atoms with Crippen LogP contribution in [0.1, 0.15) is 271 Å². The van der Waals surface area contributed by atoms with Crippen LogP contribution in [0, 0.1) is 0 Å². The lowest BCUT2D eigenvalue weighted by Gasteiger charge is -2.19. The Morgan fingerprint density at radius 3 is 1.19 bits per heavy atom. The number of rotatable bonds is 54. The van der Waals surface area contributed by atoms with Gasteiger partial charge in [-0.1, -0.05) is 261 Å². The molecule has 0 aromatic rings. The van der Waals surface area contributed by atoms with E-state index in [1.165, 1.54) is 173 Å². The molecule has 0 amide bonds. The van der Waals surface area contributed by atoms with Gasteiger partial charge in [0.05, 0.1) is 13.2 Å². The highest BCUT2D eigenvalue weighted by Crippen LogP contribution is 2.43. The second-order valence-corrected chi connectivity index (χ2v) is 20.6. The molecule has 3 N–H and O–H groups in total. The maximum absolute atomic E-state index is 12.6. The van der Waals surface area contributed by atoms with Crippen molar-refractivity contribution >= 4 is 19.8 Å². The van der Waals surface area contributed by atoms with Gasteiger partial charge < -0.3 is 20.1 Å². The molecule has 10 heteroatoms. The van der Waals surface area contributed by atoms with Crippen molar-refractivity contribution in [3.63, 3.8) is 0 Å². The number of allylic oxidation sites excluding steroid dienone is 10. The summed E-state index contributed by atoms with van der Waals surface area (Å²) in [6.45, 7) is 3.59. The summed E-state index contributed by atoms with van der Waals surface area (Å²) in [5.41, 5.74) is 5.35. The molecule has 0 aromatic heterocycles. The van der Waals surface area contributed by atoms with Gasteiger partial charge in [-0.25, -0.2) is 4.57 Å². The summed E-state index contributed by atoms with van der Waals surface area (Å²) < 4.78 is 32.8. The highest BCUT2D eigenvalue weighted by Gasteiger charge is 2.26. The van der Waals surface area contributed by atoms with Gasteiger partial charge in [0, 0.05) is 19.4 Å². The topological polar surface area (TPSA) is 134 Å². The van der Waals surface area contributed by atoms with Crippen molar-refractivity contribution in [1.29, 1.82) is 0 Å². The van der Waals surface area contributed by atoms with Crippen LogP contribution >= 0.6 is 7.82 Å². The quantitative estimate of drug-likeness (QED) is 0.0264. The van der Waals surface area contributed by atoms with Crippen LogP contribution in [0.25, 0.3) is 0 Å². The van der Waals surface area contributed by atoms with E-state index in [1.807, 2.05) is 0 Å². The fourth-order valence-electron chi connectivity index (χ4n) is 8.19. The molecule has 0 aliphatic heterocycles. The highest BCUT2D eigenvalue weighted by atomic mass is 31.2. The Morgan fingerprint density at radius 2 is 0.797 bits per heavy atom. The van der Waals surface area contributed by atoms with Crippen molar-refractivity contribution in [2.75, 3.05) is 26.4 Å². The van der Waals surface area contributed by atoms with Crippen LogP contribution in [0.5, 0.6) is 0 Å². The normalized spacial score (nSPS) is 13.5. The van der Waals surface area contributed by atoms with Crippen molar-refractivity contribution in [3.8, 4) is 0 Å². The number of esters is 2. The Morgan fingerprint density at radius 1 is 0.449 bits per heavy atom. The minimum absolute atomic E-state index is 0.0552. The first kappa shape index (κ1) is 66.7. The van der Waals surface area contributed by atoms with Gasteiger partial charge in [0.25, 0.3) is 0 Å². The van der Waals surface area contributed by atoms with Crippen LogP contribution in [-0.4, -0.2) is 49.3 Å². The van der Waals surface area contributed by atoms with E-state index >= 15 is 0 Å². The summed E-state index contributed by atoms with van der Waals surface area (Å²) in [5, 5.41) is 0. The summed E-state index contributed by atoms with van der Waals surface area (Å²) in [4.78, 5) is 34.8. The molecule has 0 saturated carbocycles. The molecule has 0 radical (unpaired) electrons. The molecule has 0 saturated heterocycles. The van der Waals surface area contributed by atoms with Gasteiger partial charge in [0.1, 0.15) is 6.61 Å². The van der Waals surface area contributed by atoms with Gasteiger partial charge in [-0.2, -0.15) is 0 Å².